The molecule has 1 aliphatic heterocycles. The number of Topliss-reactive ketones (excluding diaryl/α,β-unsaturated/α-hetero) is 1. The zero-order chi connectivity index (χ0) is 13.0. The van der Waals surface area contributed by atoms with Crippen molar-refractivity contribution in [1.82, 2.24) is 4.90 Å². The van der Waals surface area contributed by atoms with Crippen LogP contribution in [0.2, 0.25) is 0 Å². The quantitative estimate of drug-likeness (QED) is 0.748. The van der Waals surface area contributed by atoms with Crippen LogP contribution < -0.4 is 0 Å². The largest absolute Gasteiger partial charge is 0.380 e. The highest BCUT2D eigenvalue weighted by Crippen LogP contribution is 2.12. The van der Waals surface area contributed by atoms with Gasteiger partial charge in [-0.05, 0) is 20.4 Å². The fourth-order valence-electron chi connectivity index (χ4n) is 2.21. The van der Waals surface area contributed by atoms with Gasteiger partial charge >= 0.3 is 0 Å². The van der Waals surface area contributed by atoms with E-state index in [4.69, 9.17) is 4.74 Å². The summed E-state index contributed by atoms with van der Waals surface area (Å²) in [5.74, 6) is 0.223. The topological polar surface area (TPSA) is 29.5 Å². The number of nitrogens with zero attached hydrogens (tertiary/aromatic N) is 1. The smallest absolute Gasteiger partial charge is 0.164 e. The van der Waals surface area contributed by atoms with Crippen molar-refractivity contribution in [2.45, 2.75) is 25.8 Å². The van der Waals surface area contributed by atoms with E-state index in [0.29, 0.717) is 12.5 Å². The molecule has 0 bridgehead atoms. The molecule has 0 N–H and O–H groups in total. The van der Waals surface area contributed by atoms with Crippen molar-refractivity contribution in [3.8, 4) is 0 Å². The van der Waals surface area contributed by atoms with Crippen LogP contribution in [0.25, 0.3) is 0 Å². The summed E-state index contributed by atoms with van der Waals surface area (Å²) in [5.41, 5.74) is 2.00. The van der Waals surface area contributed by atoms with E-state index in [1.807, 2.05) is 31.2 Å². The maximum Gasteiger partial charge on any atom is 0.164 e. The lowest BCUT2D eigenvalue weighted by Gasteiger charge is -2.22. The van der Waals surface area contributed by atoms with E-state index in [1.54, 1.807) is 0 Å². The first-order valence-corrected chi connectivity index (χ1v) is 6.54. The number of hydrogen-bond donors (Lipinski definition) is 0. The van der Waals surface area contributed by atoms with Gasteiger partial charge in [0.1, 0.15) is 0 Å². The average molecular weight is 247 g/mol. The monoisotopic (exact) mass is 247 g/mol. The Bertz CT molecular complexity index is 393. The first-order valence-electron chi connectivity index (χ1n) is 6.54. The van der Waals surface area contributed by atoms with E-state index in [2.05, 4.69) is 11.9 Å². The summed E-state index contributed by atoms with van der Waals surface area (Å²) in [7, 11) is 2.07. The molecule has 1 atom stereocenters. The molecule has 1 fully saturated rings. The van der Waals surface area contributed by atoms with Crippen LogP contribution in [0.4, 0.5) is 0 Å². The lowest BCUT2D eigenvalue weighted by Crippen LogP contribution is -2.33. The number of benzene rings is 1. The fraction of sp³-hybridized carbons (Fsp3) is 0.533. The van der Waals surface area contributed by atoms with Crippen molar-refractivity contribution in [3.63, 3.8) is 0 Å². The van der Waals surface area contributed by atoms with Crippen LogP contribution in [0.15, 0.2) is 24.3 Å². The number of rotatable bonds is 5. The molecule has 0 aromatic heterocycles. The number of ether oxygens (including phenoxy) is 1. The van der Waals surface area contributed by atoms with Gasteiger partial charge < -0.3 is 9.64 Å². The normalized spacial score (nSPS) is 19.4. The van der Waals surface area contributed by atoms with Crippen LogP contribution in [0.5, 0.6) is 0 Å². The molecule has 1 aliphatic rings. The number of hydrogen-bond acceptors (Lipinski definition) is 3. The minimum absolute atomic E-state index is 0.223. The summed E-state index contributed by atoms with van der Waals surface area (Å²) in [6.45, 7) is 4.49. The van der Waals surface area contributed by atoms with Crippen LogP contribution in [0, 0.1) is 6.92 Å². The Hall–Kier alpha value is -1.19. The molecule has 0 saturated carbocycles. The molecule has 98 valence electrons. The number of aryl methyl sites for hydroxylation is 1. The summed E-state index contributed by atoms with van der Waals surface area (Å²) in [4.78, 5) is 14.3. The van der Waals surface area contributed by atoms with Gasteiger partial charge in [-0.1, -0.05) is 29.8 Å². The molecule has 0 radical (unpaired) electrons. The van der Waals surface area contributed by atoms with Crippen molar-refractivity contribution in [2.75, 3.05) is 26.8 Å². The second-order valence-electron chi connectivity index (χ2n) is 5.04. The summed E-state index contributed by atoms with van der Waals surface area (Å²) in [6, 6.07) is 8.28. The highest BCUT2D eigenvalue weighted by Gasteiger charge is 2.20. The third-order valence-corrected chi connectivity index (χ3v) is 3.59. The van der Waals surface area contributed by atoms with Crippen LogP contribution in [0.3, 0.4) is 0 Å². The van der Waals surface area contributed by atoms with E-state index in [1.165, 1.54) is 5.56 Å². The Morgan fingerprint density at radius 3 is 2.72 bits per heavy atom. The van der Waals surface area contributed by atoms with Gasteiger partial charge in [-0.15, -0.1) is 0 Å². The van der Waals surface area contributed by atoms with Gasteiger partial charge in [0.05, 0.1) is 6.61 Å². The zero-order valence-corrected chi connectivity index (χ0v) is 11.2. The van der Waals surface area contributed by atoms with E-state index in [9.17, 15) is 4.79 Å². The highest BCUT2D eigenvalue weighted by atomic mass is 16.5. The second-order valence-corrected chi connectivity index (χ2v) is 5.04. The second kappa shape index (κ2) is 6.12. The Balaban J connectivity index is 1.82. The van der Waals surface area contributed by atoms with Crippen molar-refractivity contribution < 1.29 is 9.53 Å². The van der Waals surface area contributed by atoms with E-state index in [-0.39, 0.29) is 5.78 Å². The van der Waals surface area contributed by atoms with Gasteiger partial charge in [0.25, 0.3) is 0 Å². The lowest BCUT2D eigenvalue weighted by molar-refractivity contribution is 0.0954. The predicted molar refractivity (Wildman–Crippen MR) is 72.0 cm³/mol. The third kappa shape index (κ3) is 3.40. The van der Waals surface area contributed by atoms with Crippen LogP contribution >= 0.6 is 0 Å². The maximum absolute atomic E-state index is 12.0. The molecule has 3 nitrogen and oxygen atoms in total. The summed E-state index contributed by atoms with van der Waals surface area (Å²) >= 11 is 0. The summed E-state index contributed by atoms with van der Waals surface area (Å²) in [6.07, 6.45) is 1.66. The summed E-state index contributed by atoms with van der Waals surface area (Å²) in [5, 5.41) is 0. The van der Waals surface area contributed by atoms with Crippen molar-refractivity contribution in [1.29, 1.82) is 0 Å². The number of likely N-dealkylation sites (N-methyl/N-ethyl adjacent to an activating group) is 1. The van der Waals surface area contributed by atoms with Crippen molar-refractivity contribution >= 4 is 5.78 Å². The summed E-state index contributed by atoms with van der Waals surface area (Å²) < 4.78 is 5.36. The van der Waals surface area contributed by atoms with Crippen LogP contribution in [-0.4, -0.2) is 43.5 Å². The first kappa shape index (κ1) is 13.2. The molecule has 1 aromatic carbocycles. The number of carbonyl (C=O) groups is 1. The minimum Gasteiger partial charge on any atom is -0.380 e. The lowest BCUT2D eigenvalue weighted by atomic mass is 10.1. The number of ketones is 1. The molecule has 0 aliphatic carbocycles. The Labute approximate surface area is 109 Å². The van der Waals surface area contributed by atoms with Gasteiger partial charge in [-0.2, -0.15) is 0 Å². The molecule has 1 unspecified atom stereocenters. The van der Waals surface area contributed by atoms with E-state index < -0.39 is 0 Å². The minimum atomic E-state index is 0.223. The Morgan fingerprint density at radius 1 is 1.39 bits per heavy atom. The number of carbonyl (C=O) groups excluding carboxylic acids is 1. The van der Waals surface area contributed by atoms with Crippen molar-refractivity contribution in [3.05, 3.63) is 35.4 Å². The maximum atomic E-state index is 12.0. The Morgan fingerprint density at radius 2 is 2.11 bits per heavy atom. The molecule has 1 aromatic rings. The first-order chi connectivity index (χ1) is 8.66. The SMILES string of the molecule is Cc1ccc(C(=O)CCN(C)C2CCOC2)cc1. The zero-order valence-electron chi connectivity index (χ0n) is 11.2. The Kier molecular flexibility index (Phi) is 4.50. The van der Waals surface area contributed by atoms with Gasteiger partial charge in [0.15, 0.2) is 5.78 Å². The molecule has 1 saturated heterocycles. The molecular formula is C15H21NO2. The molecular weight excluding hydrogens is 226 g/mol. The van der Waals surface area contributed by atoms with E-state index in [0.717, 1.165) is 31.7 Å². The van der Waals surface area contributed by atoms with Crippen molar-refractivity contribution in [2.24, 2.45) is 0 Å². The van der Waals surface area contributed by atoms with Gasteiger partial charge in [0.2, 0.25) is 0 Å². The predicted octanol–water partition coefficient (Wildman–Crippen LogP) is 2.29. The molecule has 18 heavy (non-hydrogen) atoms. The third-order valence-electron chi connectivity index (χ3n) is 3.59. The molecule has 0 amide bonds. The van der Waals surface area contributed by atoms with Crippen LogP contribution in [0.1, 0.15) is 28.8 Å². The molecule has 0 spiro atoms. The fourth-order valence-corrected chi connectivity index (χ4v) is 2.21. The van der Waals surface area contributed by atoms with Gasteiger partial charge in [0, 0.05) is 31.2 Å². The highest BCUT2D eigenvalue weighted by molar-refractivity contribution is 5.96. The van der Waals surface area contributed by atoms with E-state index >= 15 is 0 Å². The van der Waals surface area contributed by atoms with Crippen LogP contribution in [-0.2, 0) is 4.74 Å². The van der Waals surface area contributed by atoms with Gasteiger partial charge in [-0.3, -0.25) is 4.79 Å². The van der Waals surface area contributed by atoms with Gasteiger partial charge in [-0.25, -0.2) is 0 Å². The average Bonchev–Trinajstić information content (AvgIpc) is 2.90. The standard InChI is InChI=1S/C15H21NO2/c1-12-3-5-13(6-4-12)15(17)7-9-16(2)14-8-10-18-11-14/h3-6,14H,7-11H2,1-2H3. The molecule has 1 heterocycles. The molecule has 3 heteroatoms. The molecule has 2 rings (SSSR count).